The first-order valence-corrected chi connectivity index (χ1v) is 9.21. The molecule has 1 heterocycles. The minimum Gasteiger partial charge on any atom is -0.321 e. The SMILES string of the molecule is Cc1cccc(C)c1NC(=O)C[N+]1(C)CCCC(c2ccccc2)C1. The summed E-state index contributed by atoms with van der Waals surface area (Å²) in [7, 11) is 2.22. The molecule has 1 fully saturated rings. The summed E-state index contributed by atoms with van der Waals surface area (Å²) in [5.74, 6) is 0.668. The van der Waals surface area contributed by atoms with Gasteiger partial charge >= 0.3 is 0 Å². The quantitative estimate of drug-likeness (QED) is 0.830. The fourth-order valence-electron chi connectivity index (χ4n) is 4.11. The third-order valence-corrected chi connectivity index (χ3v) is 5.45. The van der Waals surface area contributed by atoms with Crippen molar-refractivity contribution in [3.8, 4) is 0 Å². The Labute approximate surface area is 151 Å². The topological polar surface area (TPSA) is 29.1 Å². The molecule has 0 aliphatic carbocycles. The van der Waals surface area contributed by atoms with Crippen LogP contribution in [0.2, 0.25) is 0 Å². The molecule has 2 aromatic rings. The van der Waals surface area contributed by atoms with Crippen molar-refractivity contribution in [3.05, 3.63) is 65.2 Å². The van der Waals surface area contributed by atoms with Gasteiger partial charge in [0.1, 0.15) is 0 Å². The van der Waals surface area contributed by atoms with Crippen LogP contribution in [0, 0.1) is 13.8 Å². The summed E-state index contributed by atoms with van der Waals surface area (Å²) in [6.07, 6.45) is 2.39. The van der Waals surface area contributed by atoms with Gasteiger partial charge in [-0.05, 0) is 43.4 Å². The van der Waals surface area contributed by atoms with Gasteiger partial charge in [0, 0.05) is 11.6 Å². The summed E-state index contributed by atoms with van der Waals surface area (Å²) in [6, 6.07) is 16.9. The van der Waals surface area contributed by atoms with Crippen molar-refractivity contribution in [3.63, 3.8) is 0 Å². The molecule has 1 amide bonds. The van der Waals surface area contributed by atoms with Crippen LogP contribution in [0.1, 0.15) is 35.4 Å². The van der Waals surface area contributed by atoms with E-state index in [-0.39, 0.29) is 5.91 Å². The van der Waals surface area contributed by atoms with Crippen LogP contribution in [0.25, 0.3) is 0 Å². The lowest BCUT2D eigenvalue weighted by Gasteiger charge is -2.41. The zero-order valence-corrected chi connectivity index (χ0v) is 15.6. The Morgan fingerprint density at radius 2 is 1.76 bits per heavy atom. The van der Waals surface area contributed by atoms with E-state index in [0.29, 0.717) is 12.5 Å². The molecule has 2 aromatic carbocycles. The molecule has 3 rings (SSSR count). The van der Waals surface area contributed by atoms with E-state index in [4.69, 9.17) is 0 Å². The number of likely N-dealkylation sites (N-methyl/N-ethyl adjacent to an activating group) is 1. The number of benzene rings is 2. The average molecular weight is 337 g/mol. The Hall–Kier alpha value is -2.13. The highest BCUT2D eigenvalue weighted by Gasteiger charge is 2.34. The number of aryl methyl sites for hydroxylation is 2. The van der Waals surface area contributed by atoms with Crippen LogP contribution in [0.3, 0.4) is 0 Å². The molecule has 3 heteroatoms. The average Bonchev–Trinajstić information content (AvgIpc) is 2.59. The first-order chi connectivity index (χ1) is 12.0. The van der Waals surface area contributed by atoms with Crippen molar-refractivity contribution in [2.24, 2.45) is 0 Å². The molecule has 1 saturated heterocycles. The van der Waals surface area contributed by atoms with Gasteiger partial charge in [0.25, 0.3) is 5.91 Å². The predicted octanol–water partition coefficient (Wildman–Crippen LogP) is 4.27. The highest BCUT2D eigenvalue weighted by atomic mass is 16.2. The molecule has 1 N–H and O–H groups in total. The second-order valence-corrected chi connectivity index (χ2v) is 7.75. The molecule has 0 saturated carbocycles. The lowest BCUT2D eigenvalue weighted by atomic mass is 9.89. The van der Waals surface area contributed by atoms with E-state index in [0.717, 1.165) is 34.4 Å². The molecule has 0 bridgehead atoms. The Morgan fingerprint density at radius 1 is 1.08 bits per heavy atom. The van der Waals surface area contributed by atoms with E-state index in [9.17, 15) is 4.79 Å². The van der Waals surface area contributed by atoms with Gasteiger partial charge in [-0.2, -0.15) is 0 Å². The Bertz CT molecular complexity index is 721. The number of para-hydroxylation sites is 1. The molecule has 2 unspecified atom stereocenters. The molecule has 0 aromatic heterocycles. The number of anilines is 1. The Balaban J connectivity index is 1.67. The lowest BCUT2D eigenvalue weighted by Crippen LogP contribution is -2.54. The molecule has 1 aliphatic rings. The van der Waals surface area contributed by atoms with E-state index in [1.54, 1.807) is 0 Å². The van der Waals surface area contributed by atoms with Crippen molar-refractivity contribution in [2.75, 3.05) is 32.0 Å². The summed E-state index contributed by atoms with van der Waals surface area (Å²) in [5.41, 5.74) is 4.62. The van der Waals surface area contributed by atoms with Crippen molar-refractivity contribution in [1.82, 2.24) is 0 Å². The molecule has 1 aliphatic heterocycles. The summed E-state index contributed by atoms with van der Waals surface area (Å²) in [4.78, 5) is 12.7. The van der Waals surface area contributed by atoms with Crippen molar-refractivity contribution in [2.45, 2.75) is 32.6 Å². The number of rotatable bonds is 4. The van der Waals surface area contributed by atoms with E-state index in [1.165, 1.54) is 18.4 Å². The maximum Gasteiger partial charge on any atom is 0.279 e. The molecule has 2 atom stereocenters. The van der Waals surface area contributed by atoms with Gasteiger partial charge in [-0.25, -0.2) is 0 Å². The van der Waals surface area contributed by atoms with Crippen LogP contribution in [0.5, 0.6) is 0 Å². The second kappa shape index (κ2) is 7.40. The van der Waals surface area contributed by atoms with Gasteiger partial charge in [-0.15, -0.1) is 0 Å². The number of nitrogens with zero attached hydrogens (tertiary/aromatic N) is 1. The van der Waals surface area contributed by atoms with E-state index >= 15 is 0 Å². The van der Waals surface area contributed by atoms with Gasteiger partial charge < -0.3 is 9.80 Å². The normalized spacial score (nSPS) is 23.2. The van der Waals surface area contributed by atoms with E-state index in [2.05, 4.69) is 42.7 Å². The Morgan fingerprint density at radius 3 is 2.44 bits per heavy atom. The molecule has 25 heavy (non-hydrogen) atoms. The fraction of sp³-hybridized carbons (Fsp3) is 0.409. The number of carbonyl (C=O) groups is 1. The number of quaternary nitrogens is 1. The molecular formula is C22H29N2O+. The minimum absolute atomic E-state index is 0.119. The molecular weight excluding hydrogens is 308 g/mol. The number of nitrogens with one attached hydrogen (secondary N) is 1. The van der Waals surface area contributed by atoms with Crippen LogP contribution in [0.15, 0.2) is 48.5 Å². The van der Waals surface area contributed by atoms with Gasteiger partial charge in [-0.3, -0.25) is 4.79 Å². The maximum absolute atomic E-state index is 12.7. The predicted molar refractivity (Wildman–Crippen MR) is 104 cm³/mol. The third-order valence-electron chi connectivity index (χ3n) is 5.45. The number of piperidine rings is 1. The number of amides is 1. The molecule has 132 valence electrons. The summed E-state index contributed by atoms with van der Waals surface area (Å²) < 4.78 is 0.816. The monoisotopic (exact) mass is 337 g/mol. The van der Waals surface area contributed by atoms with E-state index in [1.807, 2.05) is 32.0 Å². The third kappa shape index (κ3) is 4.29. The summed E-state index contributed by atoms with van der Waals surface area (Å²) in [5, 5.41) is 3.15. The number of hydrogen-bond donors (Lipinski definition) is 1. The van der Waals surface area contributed by atoms with Gasteiger partial charge in [-0.1, -0.05) is 48.5 Å². The molecule has 3 nitrogen and oxygen atoms in total. The van der Waals surface area contributed by atoms with Gasteiger partial charge in [0.15, 0.2) is 6.54 Å². The fourth-order valence-corrected chi connectivity index (χ4v) is 4.11. The van der Waals surface area contributed by atoms with Crippen LogP contribution in [-0.4, -0.2) is 37.1 Å². The number of hydrogen-bond acceptors (Lipinski definition) is 1. The molecule has 0 spiro atoms. The largest absolute Gasteiger partial charge is 0.321 e. The Kier molecular flexibility index (Phi) is 5.24. The molecule has 0 radical (unpaired) electrons. The summed E-state index contributed by atoms with van der Waals surface area (Å²) >= 11 is 0. The number of carbonyl (C=O) groups excluding carboxylic acids is 1. The van der Waals surface area contributed by atoms with Crippen LogP contribution in [-0.2, 0) is 4.79 Å². The van der Waals surface area contributed by atoms with E-state index < -0.39 is 0 Å². The smallest absolute Gasteiger partial charge is 0.279 e. The lowest BCUT2D eigenvalue weighted by molar-refractivity contribution is -0.907. The zero-order valence-electron chi connectivity index (χ0n) is 15.6. The first-order valence-electron chi connectivity index (χ1n) is 9.21. The minimum atomic E-state index is 0.119. The zero-order chi connectivity index (χ0) is 17.9. The highest BCUT2D eigenvalue weighted by molar-refractivity contribution is 5.93. The maximum atomic E-state index is 12.7. The van der Waals surface area contributed by atoms with Gasteiger partial charge in [0.2, 0.25) is 0 Å². The van der Waals surface area contributed by atoms with Crippen molar-refractivity contribution >= 4 is 11.6 Å². The van der Waals surface area contributed by atoms with Crippen LogP contribution < -0.4 is 5.32 Å². The van der Waals surface area contributed by atoms with Crippen LogP contribution in [0.4, 0.5) is 5.69 Å². The summed E-state index contributed by atoms with van der Waals surface area (Å²) in [6.45, 7) is 6.74. The van der Waals surface area contributed by atoms with Crippen molar-refractivity contribution < 1.29 is 9.28 Å². The standard InChI is InChI=1S/C22H28N2O/c1-17-9-7-10-18(2)22(17)23-21(25)16-24(3)14-8-13-20(15-24)19-11-5-4-6-12-19/h4-7,9-12,20H,8,13-16H2,1-3H3/p+1. The van der Waals surface area contributed by atoms with Crippen LogP contribution >= 0.6 is 0 Å². The second-order valence-electron chi connectivity index (χ2n) is 7.75. The van der Waals surface area contributed by atoms with Crippen molar-refractivity contribution in [1.29, 1.82) is 0 Å². The highest BCUT2D eigenvalue weighted by Crippen LogP contribution is 2.30. The number of likely N-dealkylation sites (tertiary alicyclic amines) is 1. The first kappa shape index (κ1) is 17.7. The van der Waals surface area contributed by atoms with Gasteiger partial charge in [0.05, 0.1) is 20.1 Å².